The smallest absolute Gasteiger partial charge is 0.151 e. The quantitative estimate of drug-likeness (QED) is 0.736. The third-order valence-electron chi connectivity index (χ3n) is 4.43. The summed E-state index contributed by atoms with van der Waals surface area (Å²) < 4.78 is 1.83. The molecule has 1 fully saturated rings. The number of aromatic nitrogens is 5. The first-order chi connectivity index (χ1) is 12.3. The maximum absolute atomic E-state index is 4.37. The van der Waals surface area contributed by atoms with Crippen molar-refractivity contribution in [1.82, 2.24) is 30.3 Å². The monoisotopic (exact) mass is 335 g/mol. The molecule has 7 heteroatoms. The molecule has 1 aliphatic heterocycles. The van der Waals surface area contributed by atoms with Gasteiger partial charge in [-0.25, -0.2) is 0 Å². The zero-order valence-corrected chi connectivity index (χ0v) is 14.2. The SMILES string of the molecule is Cn1cc(CNCC2CN(c3ccc(-c4ccncc4)nn3)C2)cn1. The molecule has 0 unspecified atom stereocenters. The lowest BCUT2D eigenvalue weighted by molar-refractivity contribution is 0.381. The summed E-state index contributed by atoms with van der Waals surface area (Å²) in [5.74, 6) is 1.60. The van der Waals surface area contributed by atoms with E-state index in [1.165, 1.54) is 5.56 Å². The second-order valence-corrected chi connectivity index (χ2v) is 6.44. The van der Waals surface area contributed by atoms with Gasteiger partial charge in [-0.05, 0) is 24.3 Å². The largest absolute Gasteiger partial charge is 0.354 e. The number of anilines is 1. The molecule has 1 aliphatic rings. The summed E-state index contributed by atoms with van der Waals surface area (Å²) >= 11 is 0. The Balaban J connectivity index is 1.25. The van der Waals surface area contributed by atoms with Gasteiger partial charge in [0.1, 0.15) is 0 Å². The van der Waals surface area contributed by atoms with Gasteiger partial charge in [0, 0.05) is 68.9 Å². The first-order valence-corrected chi connectivity index (χ1v) is 8.45. The molecule has 0 amide bonds. The number of pyridine rings is 1. The normalized spacial score (nSPS) is 14.5. The van der Waals surface area contributed by atoms with Crippen LogP contribution in [0.3, 0.4) is 0 Å². The topological polar surface area (TPSA) is 71.8 Å². The minimum absolute atomic E-state index is 0.651. The van der Waals surface area contributed by atoms with E-state index in [0.717, 1.165) is 43.3 Å². The van der Waals surface area contributed by atoms with E-state index in [1.54, 1.807) is 12.4 Å². The minimum atomic E-state index is 0.651. The average Bonchev–Trinajstić information content (AvgIpc) is 3.03. The van der Waals surface area contributed by atoms with Gasteiger partial charge in [0.05, 0.1) is 11.9 Å². The maximum Gasteiger partial charge on any atom is 0.151 e. The van der Waals surface area contributed by atoms with Gasteiger partial charge in [-0.15, -0.1) is 10.2 Å². The standard InChI is InChI=1S/C18H21N7/c1-24-11-14(10-21-24)8-20-9-15-12-25(13-15)18-3-2-17(22-23-18)16-4-6-19-7-5-16/h2-7,10-11,15,20H,8-9,12-13H2,1H3. The van der Waals surface area contributed by atoms with Gasteiger partial charge in [0.2, 0.25) is 0 Å². The van der Waals surface area contributed by atoms with Gasteiger partial charge < -0.3 is 10.2 Å². The predicted molar refractivity (Wildman–Crippen MR) is 95.9 cm³/mol. The number of aryl methyl sites for hydroxylation is 1. The minimum Gasteiger partial charge on any atom is -0.354 e. The molecule has 7 nitrogen and oxygen atoms in total. The molecule has 1 saturated heterocycles. The summed E-state index contributed by atoms with van der Waals surface area (Å²) in [5.41, 5.74) is 3.13. The molecule has 4 heterocycles. The van der Waals surface area contributed by atoms with Crippen molar-refractivity contribution in [3.8, 4) is 11.3 Å². The summed E-state index contributed by atoms with van der Waals surface area (Å²) in [6.45, 7) is 3.91. The number of rotatable bonds is 6. The van der Waals surface area contributed by atoms with E-state index in [9.17, 15) is 0 Å². The zero-order chi connectivity index (χ0) is 17.1. The average molecular weight is 335 g/mol. The number of nitrogens with zero attached hydrogens (tertiary/aromatic N) is 6. The lowest BCUT2D eigenvalue weighted by atomic mass is 10.00. The molecule has 1 N–H and O–H groups in total. The fourth-order valence-electron chi connectivity index (χ4n) is 3.04. The first kappa shape index (κ1) is 15.7. The van der Waals surface area contributed by atoms with Crippen LogP contribution in [0.2, 0.25) is 0 Å². The summed E-state index contributed by atoms with van der Waals surface area (Å²) in [7, 11) is 1.94. The Labute approximate surface area is 146 Å². The molecule has 0 saturated carbocycles. The Morgan fingerprint density at radius 1 is 1.12 bits per heavy atom. The zero-order valence-electron chi connectivity index (χ0n) is 14.2. The molecular formula is C18H21N7. The fourth-order valence-corrected chi connectivity index (χ4v) is 3.04. The van der Waals surface area contributed by atoms with Crippen LogP contribution in [-0.4, -0.2) is 44.6 Å². The molecule has 0 radical (unpaired) electrons. The Morgan fingerprint density at radius 3 is 2.64 bits per heavy atom. The highest BCUT2D eigenvalue weighted by Crippen LogP contribution is 2.23. The van der Waals surface area contributed by atoms with E-state index in [4.69, 9.17) is 0 Å². The van der Waals surface area contributed by atoms with E-state index in [0.29, 0.717) is 5.92 Å². The van der Waals surface area contributed by atoms with Crippen LogP contribution in [0.25, 0.3) is 11.3 Å². The van der Waals surface area contributed by atoms with Gasteiger partial charge in [-0.1, -0.05) is 0 Å². The highest BCUT2D eigenvalue weighted by molar-refractivity contribution is 5.59. The molecule has 25 heavy (non-hydrogen) atoms. The number of hydrogen-bond acceptors (Lipinski definition) is 6. The highest BCUT2D eigenvalue weighted by atomic mass is 15.3. The number of hydrogen-bond donors (Lipinski definition) is 1. The molecule has 3 aromatic heterocycles. The Hall–Kier alpha value is -2.80. The molecule has 0 bridgehead atoms. The Bertz CT molecular complexity index is 807. The molecule has 0 atom stereocenters. The third kappa shape index (κ3) is 3.66. The molecule has 0 aliphatic carbocycles. The van der Waals surface area contributed by atoms with E-state index < -0.39 is 0 Å². The predicted octanol–water partition coefficient (Wildman–Crippen LogP) is 1.50. The van der Waals surface area contributed by atoms with Crippen LogP contribution < -0.4 is 10.2 Å². The molecule has 0 spiro atoms. The lowest BCUT2D eigenvalue weighted by Crippen LogP contribution is -2.51. The summed E-state index contributed by atoms with van der Waals surface area (Å²) in [6, 6.07) is 7.95. The summed E-state index contributed by atoms with van der Waals surface area (Å²) in [4.78, 5) is 6.29. The van der Waals surface area contributed by atoms with Crippen LogP contribution >= 0.6 is 0 Å². The van der Waals surface area contributed by atoms with Crippen molar-refractivity contribution in [2.75, 3.05) is 24.5 Å². The van der Waals surface area contributed by atoms with Crippen molar-refractivity contribution in [2.45, 2.75) is 6.54 Å². The van der Waals surface area contributed by atoms with Crippen LogP contribution in [0.5, 0.6) is 0 Å². The van der Waals surface area contributed by atoms with E-state index in [1.807, 2.05) is 48.4 Å². The van der Waals surface area contributed by atoms with Crippen LogP contribution in [0.15, 0.2) is 49.1 Å². The van der Waals surface area contributed by atoms with Gasteiger partial charge in [0.15, 0.2) is 5.82 Å². The van der Waals surface area contributed by atoms with Crippen molar-refractivity contribution < 1.29 is 0 Å². The van der Waals surface area contributed by atoms with Crippen molar-refractivity contribution in [3.63, 3.8) is 0 Å². The molecule has 0 aromatic carbocycles. The van der Waals surface area contributed by atoms with Gasteiger partial charge in [-0.3, -0.25) is 9.67 Å². The fraction of sp³-hybridized carbons (Fsp3) is 0.333. The van der Waals surface area contributed by atoms with Crippen molar-refractivity contribution in [3.05, 3.63) is 54.6 Å². The Morgan fingerprint density at radius 2 is 1.96 bits per heavy atom. The third-order valence-corrected chi connectivity index (χ3v) is 4.43. The van der Waals surface area contributed by atoms with Gasteiger partial charge in [0.25, 0.3) is 0 Å². The first-order valence-electron chi connectivity index (χ1n) is 8.45. The van der Waals surface area contributed by atoms with Gasteiger partial charge in [-0.2, -0.15) is 5.10 Å². The summed E-state index contributed by atoms with van der Waals surface area (Å²) in [5, 5.41) is 16.4. The highest BCUT2D eigenvalue weighted by Gasteiger charge is 2.27. The van der Waals surface area contributed by atoms with E-state index in [2.05, 4.69) is 30.5 Å². The molecule has 128 valence electrons. The van der Waals surface area contributed by atoms with Crippen LogP contribution in [0.1, 0.15) is 5.56 Å². The van der Waals surface area contributed by atoms with Crippen LogP contribution in [0.4, 0.5) is 5.82 Å². The van der Waals surface area contributed by atoms with Gasteiger partial charge >= 0.3 is 0 Å². The second kappa shape index (κ2) is 6.98. The van der Waals surface area contributed by atoms with Crippen LogP contribution in [0, 0.1) is 5.92 Å². The Kier molecular flexibility index (Phi) is 4.39. The van der Waals surface area contributed by atoms with Crippen LogP contribution in [-0.2, 0) is 13.6 Å². The van der Waals surface area contributed by atoms with Crippen molar-refractivity contribution >= 4 is 5.82 Å². The summed E-state index contributed by atoms with van der Waals surface area (Å²) in [6.07, 6.45) is 7.48. The van der Waals surface area contributed by atoms with Crippen molar-refractivity contribution in [1.29, 1.82) is 0 Å². The maximum atomic E-state index is 4.37. The van der Waals surface area contributed by atoms with E-state index in [-0.39, 0.29) is 0 Å². The molecule has 4 rings (SSSR count). The van der Waals surface area contributed by atoms with Crippen molar-refractivity contribution in [2.24, 2.45) is 13.0 Å². The second-order valence-electron chi connectivity index (χ2n) is 6.44. The lowest BCUT2D eigenvalue weighted by Gasteiger charge is -2.40. The number of nitrogens with one attached hydrogen (secondary N) is 1. The molecule has 3 aromatic rings. The molecular weight excluding hydrogens is 314 g/mol. The van der Waals surface area contributed by atoms with E-state index >= 15 is 0 Å².